The molecule has 1 rings (SSSR count). The van der Waals surface area contributed by atoms with E-state index in [0.29, 0.717) is 6.61 Å². The van der Waals surface area contributed by atoms with Gasteiger partial charge in [-0.2, -0.15) is 0 Å². The first-order valence-corrected chi connectivity index (χ1v) is 5.64. The molecule has 0 aliphatic rings. The van der Waals surface area contributed by atoms with Gasteiger partial charge in [-0.25, -0.2) is 0 Å². The highest BCUT2D eigenvalue weighted by Crippen LogP contribution is 2.11. The van der Waals surface area contributed by atoms with Crippen LogP contribution >= 0.6 is 0 Å². The molecular weight excluding hydrogens is 204 g/mol. The smallest absolute Gasteiger partial charge is 0.122 e. The molecule has 0 aliphatic carbocycles. The maximum atomic E-state index is 5.58. The lowest BCUT2D eigenvalue weighted by molar-refractivity contribution is 0.172. The lowest BCUT2D eigenvalue weighted by atomic mass is 10.3. The van der Waals surface area contributed by atoms with Crippen LogP contribution in [0, 0.1) is 0 Å². The van der Waals surface area contributed by atoms with Crippen LogP contribution in [-0.4, -0.2) is 31.9 Å². The second-order valence-corrected chi connectivity index (χ2v) is 3.46. The Morgan fingerprint density at radius 1 is 1.38 bits per heavy atom. The van der Waals surface area contributed by atoms with Gasteiger partial charge >= 0.3 is 0 Å². The fraction of sp³-hybridized carbons (Fsp3) is 0.583. The lowest BCUT2D eigenvalue weighted by Crippen LogP contribution is -2.13. The largest absolute Gasteiger partial charge is 0.493 e. The van der Waals surface area contributed by atoms with Crippen molar-refractivity contribution in [2.24, 2.45) is 0 Å². The van der Waals surface area contributed by atoms with Crippen molar-refractivity contribution in [3.05, 3.63) is 24.0 Å². The van der Waals surface area contributed by atoms with Gasteiger partial charge < -0.3 is 14.8 Å². The summed E-state index contributed by atoms with van der Waals surface area (Å²) in [6, 6.07) is 3.84. The minimum Gasteiger partial charge on any atom is -0.493 e. The van der Waals surface area contributed by atoms with Crippen molar-refractivity contribution in [2.45, 2.75) is 19.9 Å². The van der Waals surface area contributed by atoms with Crippen LogP contribution in [0.25, 0.3) is 0 Å². The predicted octanol–water partition coefficient (Wildman–Crippen LogP) is 1.61. The number of hydrogen-bond acceptors (Lipinski definition) is 4. The van der Waals surface area contributed by atoms with Crippen molar-refractivity contribution < 1.29 is 9.47 Å². The number of nitrogens with zero attached hydrogens (tertiary/aromatic N) is 1. The van der Waals surface area contributed by atoms with E-state index in [-0.39, 0.29) is 0 Å². The molecule has 0 saturated carbocycles. The number of hydrogen-bond donors (Lipinski definition) is 1. The van der Waals surface area contributed by atoms with Crippen LogP contribution in [0.3, 0.4) is 0 Å². The summed E-state index contributed by atoms with van der Waals surface area (Å²) in [4.78, 5) is 4.25. The Hall–Kier alpha value is -1.13. The molecule has 0 aromatic carbocycles. The van der Waals surface area contributed by atoms with E-state index in [1.165, 1.54) is 0 Å². The third-order valence-electron chi connectivity index (χ3n) is 2.11. The molecule has 0 aliphatic heterocycles. The van der Waals surface area contributed by atoms with Gasteiger partial charge in [-0.3, -0.25) is 4.98 Å². The van der Waals surface area contributed by atoms with Crippen LogP contribution in [0.1, 0.15) is 19.0 Å². The van der Waals surface area contributed by atoms with Crippen molar-refractivity contribution >= 4 is 0 Å². The Labute approximate surface area is 97.0 Å². The van der Waals surface area contributed by atoms with E-state index in [1.807, 2.05) is 12.1 Å². The molecule has 1 heterocycles. The monoisotopic (exact) mass is 224 g/mol. The molecule has 0 unspecified atom stereocenters. The maximum Gasteiger partial charge on any atom is 0.122 e. The van der Waals surface area contributed by atoms with Gasteiger partial charge in [0.1, 0.15) is 5.75 Å². The van der Waals surface area contributed by atoms with Crippen LogP contribution in [0.2, 0.25) is 0 Å². The molecule has 0 bridgehead atoms. The molecule has 1 aromatic heterocycles. The molecule has 1 N–H and O–H groups in total. The van der Waals surface area contributed by atoms with Crippen LogP contribution < -0.4 is 10.1 Å². The van der Waals surface area contributed by atoms with Gasteiger partial charge in [0.2, 0.25) is 0 Å². The van der Waals surface area contributed by atoms with Crippen LogP contribution in [0.5, 0.6) is 5.75 Å². The maximum absolute atomic E-state index is 5.58. The van der Waals surface area contributed by atoms with Gasteiger partial charge in [0, 0.05) is 38.9 Å². The lowest BCUT2D eigenvalue weighted by Gasteiger charge is -2.07. The molecule has 4 heteroatoms. The van der Waals surface area contributed by atoms with Crippen molar-refractivity contribution in [1.29, 1.82) is 0 Å². The van der Waals surface area contributed by atoms with Gasteiger partial charge in [0.15, 0.2) is 0 Å². The summed E-state index contributed by atoms with van der Waals surface area (Å²) < 4.78 is 10.5. The van der Waals surface area contributed by atoms with E-state index in [2.05, 4.69) is 17.2 Å². The Morgan fingerprint density at radius 2 is 2.25 bits per heavy atom. The number of ether oxygens (including phenoxy) is 2. The van der Waals surface area contributed by atoms with Crippen molar-refractivity contribution in [2.75, 3.05) is 26.9 Å². The van der Waals surface area contributed by atoms with Gasteiger partial charge in [-0.15, -0.1) is 0 Å². The van der Waals surface area contributed by atoms with Crippen molar-refractivity contribution in [3.8, 4) is 5.75 Å². The zero-order valence-electron chi connectivity index (χ0n) is 10.0. The molecular formula is C12H20N2O2. The molecule has 1 aromatic rings. The summed E-state index contributed by atoms with van der Waals surface area (Å²) in [5.74, 6) is 0.874. The summed E-state index contributed by atoms with van der Waals surface area (Å²) >= 11 is 0. The van der Waals surface area contributed by atoms with E-state index in [9.17, 15) is 0 Å². The zero-order valence-corrected chi connectivity index (χ0v) is 10.0. The van der Waals surface area contributed by atoms with Crippen LogP contribution in [-0.2, 0) is 11.3 Å². The topological polar surface area (TPSA) is 43.4 Å². The van der Waals surface area contributed by atoms with E-state index in [1.54, 1.807) is 13.3 Å². The van der Waals surface area contributed by atoms with E-state index >= 15 is 0 Å². The molecule has 0 amide bonds. The summed E-state index contributed by atoms with van der Waals surface area (Å²) in [5.41, 5.74) is 1.01. The molecule has 90 valence electrons. The second-order valence-electron chi connectivity index (χ2n) is 3.46. The third kappa shape index (κ3) is 5.09. The standard InChI is InChI=1S/C12H20N2O2/c1-3-13-10-11-9-12(5-6-14-11)16-8-4-7-15-2/h5-6,9,13H,3-4,7-8,10H2,1-2H3. The van der Waals surface area contributed by atoms with Gasteiger partial charge in [0.25, 0.3) is 0 Å². The third-order valence-corrected chi connectivity index (χ3v) is 2.11. The Balaban J connectivity index is 2.35. The normalized spacial score (nSPS) is 10.4. The molecule has 4 nitrogen and oxygen atoms in total. The first-order valence-electron chi connectivity index (χ1n) is 5.64. The second kappa shape index (κ2) is 8.07. The first kappa shape index (κ1) is 12.9. The number of rotatable bonds is 8. The number of methoxy groups -OCH3 is 1. The quantitative estimate of drug-likeness (QED) is 0.681. The fourth-order valence-corrected chi connectivity index (χ4v) is 1.29. The highest BCUT2D eigenvalue weighted by Gasteiger charge is 1.97. The van der Waals surface area contributed by atoms with Crippen molar-refractivity contribution in [3.63, 3.8) is 0 Å². The first-order chi connectivity index (χ1) is 7.86. The van der Waals surface area contributed by atoms with Gasteiger partial charge in [-0.05, 0) is 12.6 Å². The average Bonchev–Trinajstić information content (AvgIpc) is 2.33. The minimum atomic E-state index is 0.679. The number of pyridine rings is 1. The molecule has 0 fully saturated rings. The molecule has 0 radical (unpaired) electrons. The summed E-state index contributed by atoms with van der Waals surface area (Å²) in [5, 5.41) is 3.23. The summed E-state index contributed by atoms with van der Waals surface area (Å²) in [6.07, 6.45) is 2.68. The predicted molar refractivity (Wildman–Crippen MR) is 63.6 cm³/mol. The fourth-order valence-electron chi connectivity index (χ4n) is 1.29. The van der Waals surface area contributed by atoms with E-state index in [0.717, 1.165) is 37.6 Å². The Morgan fingerprint density at radius 3 is 3.00 bits per heavy atom. The van der Waals surface area contributed by atoms with E-state index in [4.69, 9.17) is 9.47 Å². The Bertz CT molecular complexity index is 292. The Kier molecular flexibility index (Phi) is 6.53. The number of aromatic nitrogens is 1. The minimum absolute atomic E-state index is 0.679. The highest BCUT2D eigenvalue weighted by atomic mass is 16.5. The summed E-state index contributed by atoms with van der Waals surface area (Å²) in [7, 11) is 1.70. The molecule has 0 atom stereocenters. The van der Waals surface area contributed by atoms with Gasteiger partial charge in [-0.1, -0.05) is 6.92 Å². The highest BCUT2D eigenvalue weighted by molar-refractivity contribution is 5.22. The number of nitrogens with one attached hydrogen (secondary N) is 1. The van der Waals surface area contributed by atoms with Gasteiger partial charge in [0.05, 0.1) is 12.3 Å². The zero-order chi connectivity index (χ0) is 11.6. The SMILES string of the molecule is CCNCc1cc(OCCCOC)ccn1. The molecule has 16 heavy (non-hydrogen) atoms. The molecule has 0 spiro atoms. The van der Waals surface area contributed by atoms with Crippen LogP contribution in [0.4, 0.5) is 0 Å². The van der Waals surface area contributed by atoms with Crippen LogP contribution in [0.15, 0.2) is 18.3 Å². The molecule has 0 saturated heterocycles. The van der Waals surface area contributed by atoms with Crippen molar-refractivity contribution in [1.82, 2.24) is 10.3 Å². The van der Waals surface area contributed by atoms with E-state index < -0.39 is 0 Å². The summed E-state index contributed by atoms with van der Waals surface area (Å²) in [6.45, 7) is 5.21. The average molecular weight is 224 g/mol.